The highest BCUT2D eigenvalue weighted by molar-refractivity contribution is 5.91. The summed E-state index contributed by atoms with van der Waals surface area (Å²) >= 11 is 0. The molecule has 0 bridgehead atoms. The van der Waals surface area contributed by atoms with E-state index in [0.717, 1.165) is 11.1 Å². The molecule has 43 heavy (non-hydrogen) atoms. The Morgan fingerprint density at radius 3 is 1.21 bits per heavy atom. The number of hydrogen-bond acceptors (Lipinski definition) is 2. The summed E-state index contributed by atoms with van der Waals surface area (Å²) < 4.78 is 5.26. The predicted octanol–water partition coefficient (Wildman–Crippen LogP) is 10.5. The van der Waals surface area contributed by atoms with E-state index in [2.05, 4.69) is 114 Å². The van der Waals surface area contributed by atoms with E-state index in [1.807, 2.05) is 38.1 Å². The van der Waals surface area contributed by atoms with Gasteiger partial charge in [0, 0.05) is 10.8 Å². The standard InChI is InChI=1S/C26H30.C15H14O2/c1-19-10-14-21(15-11-19)25(3,4)23-8-7-9-24(18-23)26(5,6)22-16-12-20(2)13-17-22;1-11-3-7-13(8-4-11)15(16)17-14-9-5-12(2)6-10-14/h7-18H,1-6H3;3-10H,1-2H3. The Morgan fingerprint density at radius 1 is 0.465 bits per heavy atom. The average molecular weight is 569 g/mol. The van der Waals surface area contributed by atoms with Gasteiger partial charge < -0.3 is 4.74 Å². The van der Waals surface area contributed by atoms with Gasteiger partial charge >= 0.3 is 5.97 Å². The summed E-state index contributed by atoms with van der Waals surface area (Å²) in [7, 11) is 0. The van der Waals surface area contributed by atoms with Gasteiger partial charge in [-0.05, 0) is 74.2 Å². The van der Waals surface area contributed by atoms with E-state index in [-0.39, 0.29) is 16.8 Å². The van der Waals surface area contributed by atoms with Crippen molar-refractivity contribution in [2.45, 2.75) is 66.2 Å². The fraction of sp³-hybridized carbons (Fsp3) is 0.244. The molecule has 5 rings (SSSR count). The quantitative estimate of drug-likeness (QED) is 0.150. The molecule has 5 aromatic rings. The maximum absolute atomic E-state index is 11.8. The monoisotopic (exact) mass is 568 g/mol. The van der Waals surface area contributed by atoms with E-state index in [1.54, 1.807) is 24.3 Å². The van der Waals surface area contributed by atoms with Gasteiger partial charge in [-0.3, -0.25) is 0 Å². The molecule has 0 atom stereocenters. The lowest BCUT2D eigenvalue weighted by Gasteiger charge is -2.31. The van der Waals surface area contributed by atoms with Crippen molar-refractivity contribution in [2.75, 3.05) is 0 Å². The zero-order chi connectivity index (χ0) is 31.2. The molecule has 0 saturated carbocycles. The van der Waals surface area contributed by atoms with E-state index in [0.29, 0.717) is 11.3 Å². The molecule has 0 N–H and O–H groups in total. The Morgan fingerprint density at radius 2 is 0.814 bits per heavy atom. The molecule has 0 heterocycles. The first-order chi connectivity index (χ1) is 20.4. The van der Waals surface area contributed by atoms with Crippen molar-refractivity contribution in [3.63, 3.8) is 0 Å². The van der Waals surface area contributed by atoms with E-state index >= 15 is 0 Å². The van der Waals surface area contributed by atoms with Gasteiger partial charge in [0.15, 0.2) is 0 Å². The number of carbonyl (C=O) groups is 1. The van der Waals surface area contributed by atoms with Gasteiger partial charge in [0.25, 0.3) is 0 Å². The van der Waals surface area contributed by atoms with Crippen LogP contribution in [0, 0.1) is 27.7 Å². The van der Waals surface area contributed by atoms with Crippen LogP contribution in [0.5, 0.6) is 5.75 Å². The van der Waals surface area contributed by atoms with E-state index < -0.39 is 0 Å². The molecule has 0 aliphatic carbocycles. The smallest absolute Gasteiger partial charge is 0.343 e. The number of carbonyl (C=O) groups excluding carboxylic acids is 1. The number of hydrogen-bond donors (Lipinski definition) is 0. The first-order valence-electron chi connectivity index (χ1n) is 15.0. The number of aryl methyl sites for hydroxylation is 4. The molecule has 220 valence electrons. The summed E-state index contributed by atoms with van der Waals surface area (Å²) in [5, 5.41) is 0. The Kier molecular flexibility index (Phi) is 9.71. The second kappa shape index (κ2) is 13.3. The number of esters is 1. The molecular formula is C41H44O2. The Hall–Kier alpha value is -4.43. The molecule has 0 amide bonds. The van der Waals surface area contributed by atoms with Crippen LogP contribution in [0.25, 0.3) is 0 Å². The fourth-order valence-electron chi connectivity index (χ4n) is 5.03. The third-order valence-corrected chi connectivity index (χ3v) is 8.37. The summed E-state index contributed by atoms with van der Waals surface area (Å²) in [4.78, 5) is 11.8. The lowest BCUT2D eigenvalue weighted by atomic mass is 9.73. The minimum absolute atomic E-state index is 0.0208. The van der Waals surface area contributed by atoms with Crippen LogP contribution in [-0.4, -0.2) is 5.97 Å². The first-order valence-corrected chi connectivity index (χ1v) is 15.0. The minimum atomic E-state index is -0.325. The van der Waals surface area contributed by atoms with Crippen molar-refractivity contribution < 1.29 is 9.53 Å². The highest BCUT2D eigenvalue weighted by atomic mass is 16.5. The lowest BCUT2D eigenvalue weighted by molar-refractivity contribution is 0.0734. The van der Waals surface area contributed by atoms with Crippen LogP contribution in [0.1, 0.15) is 82.6 Å². The van der Waals surface area contributed by atoms with Crippen molar-refractivity contribution in [1.29, 1.82) is 0 Å². The van der Waals surface area contributed by atoms with Gasteiger partial charge in [-0.15, -0.1) is 0 Å². The fourth-order valence-corrected chi connectivity index (χ4v) is 5.03. The topological polar surface area (TPSA) is 26.3 Å². The Balaban J connectivity index is 0.000000215. The molecule has 5 aromatic carbocycles. The van der Waals surface area contributed by atoms with Gasteiger partial charge in [-0.1, -0.05) is 147 Å². The Labute approximate surface area is 258 Å². The molecule has 0 fully saturated rings. The molecule has 0 aromatic heterocycles. The largest absolute Gasteiger partial charge is 0.423 e. The second-order valence-corrected chi connectivity index (χ2v) is 12.6. The van der Waals surface area contributed by atoms with Crippen molar-refractivity contribution in [1.82, 2.24) is 0 Å². The maximum Gasteiger partial charge on any atom is 0.343 e. The molecule has 0 aliphatic rings. The summed E-state index contributed by atoms with van der Waals surface area (Å²) in [5.41, 5.74) is 10.8. The van der Waals surface area contributed by atoms with Crippen molar-refractivity contribution in [2.24, 2.45) is 0 Å². The predicted molar refractivity (Wildman–Crippen MR) is 180 cm³/mol. The van der Waals surface area contributed by atoms with Gasteiger partial charge in [0.05, 0.1) is 5.56 Å². The number of benzene rings is 5. The van der Waals surface area contributed by atoms with Crippen LogP contribution in [0.2, 0.25) is 0 Å². The molecule has 0 saturated heterocycles. The van der Waals surface area contributed by atoms with Crippen molar-refractivity contribution >= 4 is 5.97 Å². The summed E-state index contributed by atoms with van der Waals surface area (Å²) in [6, 6.07) is 41.7. The summed E-state index contributed by atoms with van der Waals surface area (Å²) in [6.07, 6.45) is 0. The highest BCUT2D eigenvalue weighted by Crippen LogP contribution is 2.37. The van der Waals surface area contributed by atoms with Crippen LogP contribution in [0.3, 0.4) is 0 Å². The van der Waals surface area contributed by atoms with Gasteiger partial charge in [-0.2, -0.15) is 0 Å². The zero-order valence-corrected chi connectivity index (χ0v) is 26.9. The third-order valence-electron chi connectivity index (χ3n) is 8.37. The molecule has 2 heteroatoms. The van der Waals surface area contributed by atoms with Gasteiger partial charge in [-0.25, -0.2) is 4.79 Å². The Bertz CT molecular complexity index is 1570. The number of ether oxygens (including phenoxy) is 1. The van der Waals surface area contributed by atoms with Gasteiger partial charge in [0.1, 0.15) is 5.75 Å². The third kappa shape index (κ3) is 7.90. The van der Waals surface area contributed by atoms with E-state index in [1.165, 1.54) is 33.4 Å². The van der Waals surface area contributed by atoms with Crippen LogP contribution >= 0.6 is 0 Å². The molecule has 0 aliphatic heterocycles. The zero-order valence-electron chi connectivity index (χ0n) is 26.9. The minimum Gasteiger partial charge on any atom is -0.423 e. The van der Waals surface area contributed by atoms with E-state index in [4.69, 9.17) is 4.74 Å². The maximum atomic E-state index is 11.8. The number of rotatable bonds is 6. The van der Waals surface area contributed by atoms with Gasteiger partial charge in [0.2, 0.25) is 0 Å². The molecule has 0 radical (unpaired) electrons. The van der Waals surface area contributed by atoms with Crippen molar-refractivity contribution in [3.05, 3.63) is 171 Å². The van der Waals surface area contributed by atoms with Crippen LogP contribution in [-0.2, 0) is 10.8 Å². The molecular weight excluding hydrogens is 524 g/mol. The average Bonchev–Trinajstić information content (AvgIpc) is 2.99. The normalized spacial score (nSPS) is 11.3. The lowest BCUT2D eigenvalue weighted by Crippen LogP contribution is -2.22. The highest BCUT2D eigenvalue weighted by Gasteiger charge is 2.27. The summed E-state index contributed by atoms with van der Waals surface area (Å²) in [6.45, 7) is 17.5. The van der Waals surface area contributed by atoms with E-state index in [9.17, 15) is 4.79 Å². The summed E-state index contributed by atoms with van der Waals surface area (Å²) in [5.74, 6) is 0.245. The second-order valence-electron chi connectivity index (χ2n) is 12.6. The SMILES string of the molecule is Cc1ccc(C(C)(C)c2cccc(C(C)(C)c3ccc(C)cc3)c2)cc1.Cc1ccc(OC(=O)c2ccc(C)cc2)cc1. The van der Waals surface area contributed by atoms with Crippen LogP contribution < -0.4 is 4.74 Å². The first kappa shape index (κ1) is 31.5. The molecule has 0 unspecified atom stereocenters. The molecule has 2 nitrogen and oxygen atoms in total. The van der Waals surface area contributed by atoms with Crippen LogP contribution in [0.4, 0.5) is 0 Å². The van der Waals surface area contributed by atoms with Crippen molar-refractivity contribution in [3.8, 4) is 5.75 Å². The molecule has 0 spiro atoms. The van der Waals surface area contributed by atoms with Crippen LogP contribution in [0.15, 0.2) is 121 Å².